The summed E-state index contributed by atoms with van der Waals surface area (Å²) in [6.07, 6.45) is 3.69. The van der Waals surface area contributed by atoms with Crippen LogP contribution in [-0.4, -0.2) is 40.6 Å². The number of carboxylic acids is 1. The number of carboxylic acid groups (broad SMARTS) is 1. The quantitative estimate of drug-likeness (QED) is 0.779. The van der Waals surface area contributed by atoms with Gasteiger partial charge in [0.25, 0.3) is 0 Å². The van der Waals surface area contributed by atoms with Crippen molar-refractivity contribution in [2.24, 2.45) is 5.92 Å². The van der Waals surface area contributed by atoms with E-state index in [0.717, 1.165) is 25.7 Å². The smallest absolute Gasteiger partial charge is 0.317 e. The lowest BCUT2D eigenvalue weighted by Crippen LogP contribution is -2.52. The van der Waals surface area contributed by atoms with Crippen LogP contribution < -0.4 is 5.32 Å². The van der Waals surface area contributed by atoms with Gasteiger partial charge < -0.3 is 15.3 Å². The van der Waals surface area contributed by atoms with Gasteiger partial charge in [0.05, 0.1) is 0 Å². The van der Waals surface area contributed by atoms with E-state index in [1.54, 1.807) is 4.90 Å². The number of carbonyl (C=O) groups is 2. The average molecular weight is 270 g/mol. The van der Waals surface area contributed by atoms with Crippen LogP contribution in [0.5, 0.6) is 0 Å². The number of likely N-dealkylation sites (tertiary alicyclic amines) is 1. The fourth-order valence-corrected chi connectivity index (χ4v) is 2.75. The van der Waals surface area contributed by atoms with Gasteiger partial charge in [-0.05, 0) is 31.6 Å². The van der Waals surface area contributed by atoms with Crippen LogP contribution in [0.3, 0.4) is 0 Å². The maximum Gasteiger partial charge on any atom is 0.317 e. The minimum absolute atomic E-state index is 0.0431. The molecule has 1 aliphatic heterocycles. The van der Waals surface area contributed by atoms with E-state index in [1.807, 2.05) is 0 Å². The predicted molar refractivity (Wildman–Crippen MR) is 74.1 cm³/mol. The lowest BCUT2D eigenvalue weighted by molar-refractivity contribution is -0.138. The van der Waals surface area contributed by atoms with Crippen LogP contribution in [0.4, 0.5) is 4.79 Å². The fourth-order valence-electron chi connectivity index (χ4n) is 2.75. The van der Waals surface area contributed by atoms with E-state index in [4.69, 9.17) is 5.11 Å². The van der Waals surface area contributed by atoms with Gasteiger partial charge in [-0.3, -0.25) is 4.79 Å². The molecule has 1 rings (SSSR count). The maximum absolute atomic E-state index is 12.2. The molecule has 1 unspecified atom stereocenters. The third-order valence-corrected chi connectivity index (χ3v) is 4.44. The molecule has 1 atom stereocenters. The molecule has 0 aromatic carbocycles. The number of amides is 2. The lowest BCUT2D eigenvalue weighted by atomic mass is 9.90. The fraction of sp³-hybridized carbons (Fsp3) is 0.857. The van der Waals surface area contributed by atoms with E-state index in [-0.39, 0.29) is 23.9 Å². The van der Waals surface area contributed by atoms with E-state index in [1.165, 1.54) is 0 Å². The Labute approximate surface area is 115 Å². The summed E-state index contributed by atoms with van der Waals surface area (Å²) < 4.78 is 0. The van der Waals surface area contributed by atoms with E-state index in [9.17, 15) is 9.59 Å². The first kappa shape index (κ1) is 15.8. The normalized spacial score (nSPS) is 19.5. The molecule has 110 valence electrons. The Morgan fingerprint density at radius 1 is 1.26 bits per heavy atom. The Hall–Kier alpha value is -1.26. The Morgan fingerprint density at radius 3 is 2.32 bits per heavy atom. The first-order valence-corrected chi connectivity index (χ1v) is 7.25. The highest BCUT2D eigenvalue weighted by atomic mass is 16.4. The van der Waals surface area contributed by atoms with Gasteiger partial charge in [-0.15, -0.1) is 0 Å². The van der Waals surface area contributed by atoms with Crippen molar-refractivity contribution in [3.05, 3.63) is 0 Å². The monoisotopic (exact) mass is 270 g/mol. The SMILES string of the molecule is CCC(CC)(CC)NC(=O)N1CCC(CC(=O)O)C1. The van der Waals surface area contributed by atoms with Gasteiger partial charge in [0, 0.05) is 25.0 Å². The summed E-state index contributed by atoms with van der Waals surface area (Å²) in [6, 6.07) is -0.0431. The highest BCUT2D eigenvalue weighted by Gasteiger charge is 2.32. The molecule has 0 radical (unpaired) electrons. The zero-order valence-electron chi connectivity index (χ0n) is 12.2. The molecular formula is C14H26N2O3. The summed E-state index contributed by atoms with van der Waals surface area (Å²) in [7, 11) is 0. The Balaban J connectivity index is 2.53. The zero-order chi connectivity index (χ0) is 14.5. The second-order valence-electron chi connectivity index (χ2n) is 5.47. The van der Waals surface area contributed by atoms with Crippen LogP contribution in [0.15, 0.2) is 0 Å². The van der Waals surface area contributed by atoms with Crippen molar-refractivity contribution in [3.8, 4) is 0 Å². The topological polar surface area (TPSA) is 69.6 Å². The van der Waals surface area contributed by atoms with Gasteiger partial charge in [0.1, 0.15) is 0 Å². The molecular weight excluding hydrogens is 244 g/mol. The second kappa shape index (κ2) is 6.78. The Morgan fingerprint density at radius 2 is 1.84 bits per heavy atom. The van der Waals surface area contributed by atoms with E-state index >= 15 is 0 Å². The average Bonchev–Trinajstić information content (AvgIpc) is 2.83. The van der Waals surface area contributed by atoms with Crippen molar-refractivity contribution in [1.29, 1.82) is 0 Å². The number of aliphatic carboxylic acids is 1. The van der Waals surface area contributed by atoms with Gasteiger partial charge in [0.15, 0.2) is 0 Å². The van der Waals surface area contributed by atoms with Gasteiger partial charge in [0.2, 0.25) is 0 Å². The summed E-state index contributed by atoms with van der Waals surface area (Å²) in [5.74, 6) is -0.681. The minimum atomic E-state index is -0.780. The molecule has 0 aromatic heterocycles. The molecule has 2 amide bonds. The van der Waals surface area contributed by atoms with E-state index < -0.39 is 5.97 Å². The molecule has 1 saturated heterocycles. The minimum Gasteiger partial charge on any atom is -0.481 e. The highest BCUT2D eigenvalue weighted by molar-refractivity contribution is 5.75. The van der Waals surface area contributed by atoms with Crippen LogP contribution in [-0.2, 0) is 4.79 Å². The van der Waals surface area contributed by atoms with Gasteiger partial charge >= 0.3 is 12.0 Å². The summed E-state index contributed by atoms with van der Waals surface area (Å²) >= 11 is 0. The van der Waals surface area contributed by atoms with Crippen molar-refractivity contribution >= 4 is 12.0 Å². The molecule has 0 bridgehead atoms. The van der Waals surface area contributed by atoms with Crippen molar-refractivity contribution < 1.29 is 14.7 Å². The van der Waals surface area contributed by atoms with Crippen molar-refractivity contribution in [2.75, 3.05) is 13.1 Å². The number of hydrogen-bond donors (Lipinski definition) is 2. The molecule has 1 heterocycles. The second-order valence-corrected chi connectivity index (χ2v) is 5.47. The third-order valence-electron chi connectivity index (χ3n) is 4.44. The van der Waals surface area contributed by atoms with Crippen molar-refractivity contribution in [1.82, 2.24) is 10.2 Å². The summed E-state index contributed by atoms with van der Waals surface area (Å²) in [5.41, 5.74) is -0.123. The van der Waals surface area contributed by atoms with E-state index in [2.05, 4.69) is 26.1 Å². The van der Waals surface area contributed by atoms with Crippen LogP contribution in [0.25, 0.3) is 0 Å². The summed E-state index contributed by atoms with van der Waals surface area (Å²) in [4.78, 5) is 24.7. The standard InChI is InChI=1S/C14H26N2O3/c1-4-14(5-2,6-3)15-13(19)16-8-7-11(10-16)9-12(17)18/h11H,4-10H2,1-3H3,(H,15,19)(H,17,18). The molecule has 0 spiro atoms. The van der Waals surface area contributed by atoms with Crippen LogP contribution >= 0.6 is 0 Å². The van der Waals surface area contributed by atoms with Gasteiger partial charge in [-0.25, -0.2) is 4.79 Å². The predicted octanol–water partition coefficient (Wildman–Crippen LogP) is 2.46. The molecule has 1 aliphatic rings. The molecule has 0 aromatic rings. The largest absolute Gasteiger partial charge is 0.481 e. The van der Waals surface area contributed by atoms with Gasteiger partial charge in [-0.2, -0.15) is 0 Å². The molecule has 19 heavy (non-hydrogen) atoms. The van der Waals surface area contributed by atoms with Crippen molar-refractivity contribution in [3.63, 3.8) is 0 Å². The summed E-state index contributed by atoms with van der Waals surface area (Å²) in [6.45, 7) is 7.49. The van der Waals surface area contributed by atoms with Crippen LogP contribution in [0.1, 0.15) is 52.9 Å². The third kappa shape index (κ3) is 4.11. The first-order chi connectivity index (χ1) is 8.96. The first-order valence-electron chi connectivity index (χ1n) is 7.25. The highest BCUT2D eigenvalue weighted by Crippen LogP contribution is 2.23. The number of hydrogen-bond acceptors (Lipinski definition) is 2. The Bertz CT molecular complexity index is 318. The molecule has 5 heteroatoms. The number of rotatable bonds is 6. The number of nitrogens with zero attached hydrogens (tertiary/aromatic N) is 1. The van der Waals surface area contributed by atoms with Crippen LogP contribution in [0, 0.1) is 5.92 Å². The number of nitrogens with one attached hydrogen (secondary N) is 1. The Kier molecular flexibility index (Phi) is 5.63. The van der Waals surface area contributed by atoms with Gasteiger partial charge in [-0.1, -0.05) is 20.8 Å². The molecule has 1 fully saturated rings. The molecule has 0 aliphatic carbocycles. The number of urea groups is 1. The summed E-state index contributed by atoms with van der Waals surface area (Å²) in [5, 5.41) is 11.9. The van der Waals surface area contributed by atoms with Crippen molar-refractivity contribution in [2.45, 2.75) is 58.4 Å². The van der Waals surface area contributed by atoms with Crippen LogP contribution in [0.2, 0.25) is 0 Å². The number of carbonyl (C=O) groups excluding carboxylic acids is 1. The van der Waals surface area contributed by atoms with E-state index in [0.29, 0.717) is 13.1 Å². The lowest BCUT2D eigenvalue weighted by Gasteiger charge is -2.33. The molecule has 2 N–H and O–H groups in total. The zero-order valence-corrected chi connectivity index (χ0v) is 12.2. The molecule has 0 saturated carbocycles. The maximum atomic E-state index is 12.2. The molecule has 5 nitrogen and oxygen atoms in total.